The van der Waals surface area contributed by atoms with Gasteiger partial charge in [0.25, 0.3) is 0 Å². The lowest BCUT2D eigenvalue weighted by molar-refractivity contribution is -0.179. The number of carbonyl (C=O) groups excluding carboxylic acids is 4. The number of cyclic esters (lactones) is 1. The second-order valence-corrected chi connectivity index (χ2v) is 19.6. The molecular weight excluding hydrogens is 951 g/mol. The van der Waals surface area contributed by atoms with Gasteiger partial charge in [0.15, 0.2) is 11.5 Å². The Hall–Kier alpha value is -8.00. The van der Waals surface area contributed by atoms with E-state index >= 15 is 14.4 Å². The van der Waals surface area contributed by atoms with Crippen LogP contribution in [-0.2, 0) is 47.1 Å². The Morgan fingerprint density at radius 1 is 0.747 bits per heavy atom. The molecule has 3 fully saturated rings. The number of phenolic OH excluding ortho intramolecular Hbond substituents is 1. The Balaban J connectivity index is 1.08. The van der Waals surface area contributed by atoms with E-state index in [0.717, 1.165) is 21.6 Å². The van der Waals surface area contributed by atoms with Crippen LogP contribution in [0.5, 0.6) is 17.2 Å². The van der Waals surface area contributed by atoms with Crippen LogP contribution in [0, 0.1) is 17.8 Å². The zero-order chi connectivity index (χ0) is 51.6. The molecule has 15 heteroatoms. The molecule has 1 N–H and O–H groups in total. The van der Waals surface area contributed by atoms with Crippen LogP contribution >= 0.6 is 0 Å². The summed E-state index contributed by atoms with van der Waals surface area (Å²) in [6.45, 7) is 3.29. The van der Waals surface area contributed by atoms with E-state index in [1.54, 1.807) is 35.2 Å². The van der Waals surface area contributed by atoms with Gasteiger partial charge in [0.2, 0.25) is 18.6 Å². The molecule has 382 valence electrons. The molecule has 0 aliphatic carbocycles. The summed E-state index contributed by atoms with van der Waals surface area (Å²) < 4.78 is 28.9. The van der Waals surface area contributed by atoms with Crippen molar-refractivity contribution in [2.75, 3.05) is 71.8 Å². The average molecular weight is 1010 g/mol. The van der Waals surface area contributed by atoms with Crippen molar-refractivity contribution >= 4 is 29.6 Å². The topological polar surface area (TPSA) is 151 Å². The van der Waals surface area contributed by atoms with Crippen molar-refractivity contribution in [1.29, 1.82) is 0 Å². The molecule has 5 aliphatic heterocycles. The van der Waals surface area contributed by atoms with Gasteiger partial charge in [-0.2, -0.15) is 0 Å². The number of benzene rings is 6. The maximum Gasteiger partial charge on any atom is 0.421 e. The lowest BCUT2D eigenvalue weighted by Crippen LogP contribution is -2.59. The lowest BCUT2D eigenvalue weighted by atomic mass is 9.65. The average Bonchev–Trinajstić information content (AvgIpc) is 4.11. The first-order valence-electron chi connectivity index (χ1n) is 25.3. The van der Waals surface area contributed by atoms with E-state index in [0.29, 0.717) is 66.5 Å². The molecule has 75 heavy (non-hydrogen) atoms. The molecule has 3 amide bonds. The number of carbonyl (C=O) groups is 4. The Labute approximate surface area is 435 Å². The number of morpholine rings is 1. The van der Waals surface area contributed by atoms with Crippen LogP contribution in [0.15, 0.2) is 152 Å². The lowest BCUT2D eigenvalue weighted by Gasteiger charge is -2.46. The molecule has 1 spiro atoms. The van der Waals surface area contributed by atoms with Gasteiger partial charge in [-0.05, 0) is 82.9 Å². The number of hydrogen-bond donors (Lipinski definition) is 1. The molecule has 11 rings (SSSR count). The zero-order valence-corrected chi connectivity index (χ0v) is 41.7. The first-order chi connectivity index (χ1) is 36.6. The summed E-state index contributed by atoms with van der Waals surface area (Å²) in [7, 11) is 3.47. The largest absolute Gasteiger partial charge is 0.508 e. The Morgan fingerprint density at radius 2 is 1.44 bits per heavy atom. The number of nitrogens with zero attached hydrogens (tertiary/aromatic N) is 5. The normalized spacial score (nSPS) is 22.9. The second-order valence-electron chi connectivity index (χ2n) is 19.6. The molecule has 0 radical (unpaired) electrons. The fraction of sp³-hybridized carbons (Fsp3) is 0.300. The minimum atomic E-state index is -2.00. The molecular formula is C60H57N5O10. The third-order valence-electron chi connectivity index (χ3n) is 15.0. The van der Waals surface area contributed by atoms with E-state index in [4.69, 9.17) is 23.7 Å². The summed E-state index contributed by atoms with van der Waals surface area (Å²) in [5.41, 5.74) is 3.24. The maximum atomic E-state index is 16.6. The summed E-state index contributed by atoms with van der Waals surface area (Å²) in [6, 6.07) is 43.5. The molecule has 3 saturated heterocycles. The van der Waals surface area contributed by atoms with E-state index in [1.165, 1.54) is 19.2 Å². The number of imide groups is 1. The molecule has 0 saturated carbocycles. The number of methoxy groups -OCH3 is 1. The Kier molecular flexibility index (Phi) is 13.8. The van der Waals surface area contributed by atoms with Crippen molar-refractivity contribution in [3.8, 4) is 29.1 Å². The molecule has 15 nitrogen and oxygen atoms in total. The highest BCUT2D eigenvalue weighted by molar-refractivity contribution is 6.23. The van der Waals surface area contributed by atoms with Crippen LogP contribution in [-0.4, -0.2) is 122 Å². The van der Waals surface area contributed by atoms with Crippen LogP contribution in [0.1, 0.15) is 57.1 Å². The Bertz CT molecular complexity index is 3140. The van der Waals surface area contributed by atoms with Gasteiger partial charge in [0.05, 0.1) is 36.8 Å². The molecule has 5 heterocycles. The van der Waals surface area contributed by atoms with Crippen LogP contribution in [0.25, 0.3) is 0 Å². The van der Waals surface area contributed by atoms with Gasteiger partial charge in [0.1, 0.15) is 29.9 Å². The van der Waals surface area contributed by atoms with Crippen LogP contribution < -0.4 is 14.4 Å². The molecule has 0 unspecified atom stereocenters. The fourth-order valence-corrected chi connectivity index (χ4v) is 11.7. The number of esters is 1. The van der Waals surface area contributed by atoms with Gasteiger partial charge in [-0.15, -0.1) is 0 Å². The van der Waals surface area contributed by atoms with E-state index in [-0.39, 0.29) is 44.5 Å². The summed E-state index contributed by atoms with van der Waals surface area (Å²) in [6.07, 6.45) is -1.86. The fourth-order valence-electron chi connectivity index (χ4n) is 11.7. The maximum absolute atomic E-state index is 16.6. The first-order valence-corrected chi connectivity index (χ1v) is 25.3. The summed E-state index contributed by atoms with van der Waals surface area (Å²) in [4.78, 5) is 72.3. The Morgan fingerprint density at radius 3 is 2.16 bits per heavy atom. The van der Waals surface area contributed by atoms with E-state index in [1.807, 2.05) is 109 Å². The highest BCUT2D eigenvalue weighted by Crippen LogP contribution is 2.66. The molecule has 0 bridgehead atoms. The van der Waals surface area contributed by atoms with Gasteiger partial charge >= 0.3 is 12.1 Å². The van der Waals surface area contributed by atoms with E-state index < -0.39 is 59.4 Å². The number of amides is 3. The van der Waals surface area contributed by atoms with Crippen molar-refractivity contribution in [3.63, 3.8) is 0 Å². The molecule has 5 aliphatic rings. The van der Waals surface area contributed by atoms with Gasteiger partial charge in [0, 0.05) is 51.9 Å². The number of phenols is 1. The number of hydrogen-bond acceptors (Lipinski definition) is 13. The van der Waals surface area contributed by atoms with Crippen molar-refractivity contribution in [2.45, 2.75) is 42.7 Å². The SMILES string of the molecule is COCCOC(=O)N1C(=O)[C@@]2(c3cc(C#CCN(C)Cc4ccccc4)ccc31)[C@H](C(=O)N1CCN(Cc3ccc4c(c3)OCO4)CC1)[C@H]1C(=O)O[C@H](c3ccccc3)[C@H](c3ccccc3)N1[C@@H]2c1ccc(O)cc1. The predicted octanol–water partition coefficient (Wildman–Crippen LogP) is 7.40. The summed E-state index contributed by atoms with van der Waals surface area (Å²) >= 11 is 0. The number of ether oxygens (including phenoxy) is 5. The quantitative estimate of drug-likeness (QED) is 0.0738. The van der Waals surface area contributed by atoms with Crippen molar-refractivity contribution in [2.24, 2.45) is 5.92 Å². The van der Waals surface area contributed by atoms with Crippen molar-refractivity contribution < 1.29 is 48.0 Å². The summed E-state index contributed by atoms with van der Waals surface area (Å²) in [5.74, 6) is 4.67. The number of rotatable bonds is 12. The van der Waals surface area contributed by atoms with Gasteiger partial charge < -0.3 is 33.7 Å². The monoisotopic (exact) mass is 1010 g/mol. The zero-order valence-electron chi connectivity index (χ0n) is 41.7. The van der Waals surface area contributed by atoms with Crippen LogP contribution in [0.2, 0.25) is 0 Å². The molecule has 6 aromatic rings. The molecule has 6 atom stereocenters. The van der Waals surface area contributed by atoms with Crippen LogP contribution in [0.4, 0.5) is 10.5 Å². The van der Waals surface area contributed by atoms with Crippen molar-refractivity contribution in [3.05, 3.63) is 191 Å². The van der Waals surface area contributed by atoms with E-state index in [9.17, 15) is 9.90 Å². The summed E-state index contributed by atoms with van der Waals surface area (Å²) in [5, 5.41) is 10.9. The third-order valence-corrected chi connectivity index (χ3v) is 15.0. The van der Waals surface area contributed by atoms with Gasteiger partial charge in [-0.3, -0.25) is 29.1 Å². The van der Waals surface area contributed by atoms with Crippen LogP contribution in [0.3, 0.4) is 0 Å². The minimum absolute atomic E-state index is 0.0234. The first kappa shape index (κ1) is 49.2. The van der Waals surface area contributed by atoms with E-state index in [2.05, 4.69) is 33.8 Å². The number of piperazine rings is 1. The number of aromatic hydroxyl groups is 1. The smallest absolute Gasteiger partial charge is 0.421 e. The third kappa shape index (κ3) is 9.25. The van der Waals surface area contributed by atoms with Gasteiger partial charge in [-0.1, -0.05) is 121 Å². The predicted molar refractivity (Wildman–Crippen MR) is 277 cm³/mol. The molecule has 0 aromatic heterocycles. The number of anilines is 1. The standard InChI is InChI=1S/C60H57N5O10/c1-61(37-41-13-6-3-7-14-41)28-12-15-40-20-26-48-47(35-40)60(58(69)64(48)59(70)72-34-33-71-2)51(56(67)63-31-29-62(30-32-63)38-42-21-27-49-50(36-42)74-39-73-49)53-57(68)75-54(44-18-10-5-11-19-44)52(43-16-8-4-9-17-43)65(53)55(60)45-22-24-46(66)25-23-45/h3-11,13-14,16-27,35-36,51-55,66H,28-34,37-39H2,1-2H3/t51-,52-,53-,54+,55+,60-/m0/s1. The van der Waals surface area contributed by atoms with Crippen molar-refractivity contribution in [1.82, 2.24) is 19.6 Å². The minimum Gasteiger partial charge on any atom is -0.508 e. The highest BCUT2D eigenvalue weighted by Gasteiger charge is 2.76. The highest BCUT2D eigenvalue weighted by atomic mass is 16.7. The molecule has 6 aromatic carbocycles. The number of fused-ring (bicyclic) bond motifs is 4. The van der Waals surface area contributed by atoms with Gasteiger partial charge in [-0.25, -0.2) is 9.69 Å². The second kappa shape index (κ2) is 21.1.